The number of rotatable bonds is 4. The Morgan fingerprint density at radius 3 is 0.828 bits per heavy atom. The Morgan fingerprint density at radius 2 is 0.621 bits per heavy atom. The fraction of sp³-hybridized carbons (Fsp3) is 0. The Kier molecular flexibility index (Phi) is 5.07. The van der Waals surface area contributed by atoms with Gasteiger partial charge in [0.25, 0.3) is 0 Å². The summed E-state index contributed by atoms with van der Waals surface area (Å²) < 4.78 is 57.1. The number of hydrogen-bond donors (Lipinski definition) is 0. The van der Waals surface area contributed by atoms with E-state index in [0.29, 0.717) is 20.7 Å². The van der Waals surface area contributed by atoms with Crippen LogP contribution in [0.3, 0.4) is 0 Å². The van der Waals surface area contributed by atoms with E-state index in [9.17, 15) is 17.6 Å². The molecule has 0 aliphatic rings. The first kappa shape index (κ1) is 19.1. The van der Waals surface area contributed by atoms with Gasteiger partial charge in [0.05, 0.1) is 0 Å². The van der Waals surface area contributed by atoms with Crippen molar-refractivity contribution in [2.75, 3.05) is 0 Å². The lowest BCUT2D eigenvalue weighted by Gasteiger charge is -2.34. The van der Waals surface area contributed by atoms with Crippen LogP contribution in [-0.4, -0.2) is 8.07 Å². The summed E-state index contributed by atoms with van der Waals surface area (Å²) in [6.45, 7) is 0. The van der Waals surface area contributed by atoms with Gasteiger partial charge in [-0.3, -0.25) is 0 Å². The van der Waals surface area contributed by atoms with Crippen LogP contribution in [0.25, 0.3) is 0 Å². The minimum Gasteiger partial charge on any atom is -0.207 e. The van der Waals surface area contributed by atoms with E-state index in [1.54, 1.807) is 48.5 Å². The van der Waals surface area contributed by atoms with Gasteiger partial charge < -0.3 is 0 Å². The topological polar surface area (TPSA) is 0 Å². The van der Waals surface area contributed by atoms with Crippen molar-refractivity contribution >= 4 is 28.8 Å². The number of halogens is 4. The highest BCUT2D eigenvalue weighted by atomic mass is 28.3. The van der Waals surface area contributed by atoms with Gasteiger partial charge in [0, 0.05) is 0 Å². The van der Waals surface area contributed by atoms with Gasteiger partial charge in [-0.05, 0) is 69.3 Å². The molecular weight excluding hydrogens is 392 g/mol. The van der Waals surface area contributed by atoms with Crippen LogP contribution in [0.5, 0.6) is 0 Å². The van der Waals surface area contributed by atoms with Crippen molar-refractivity contribution < 1.29 is 17.6 Å². The molecular formula is C24H16F4Si. The van der Waals surface area contributed by atoms with Crippen molar-refractivity contribution in [2.45, 2.75) is 0 Å². The Morgan fingerprint density at radius 1 is 0.379 bits per heavy atom. The Bertz CT molecular complexity index is 985. The highest BCUT2D eigenvalue weighted by molar-refractivity contribution is 7.19. The first-order chi connectivity index (χ1) is 14.0. The average Bonchev–Trinajstić information content (AvgIpc) is 2.69. The summed E-state index contributed by atoms with van der Waals surface area (Å²) in [5, 5.41) is 2.28. The Labute approximate surface area is 167 Å². The standard InChI is InChI=1S/C24H16F4Si/c25-17-5-1-9-21(13-17)29(22-10-2-6-18(26)14-22,23-11-3-7-19(27)15-23)24-12-4-8-20(28)16-24/h1-16H. The van der Waals surface area contributed by atoms with Gasteiger partial charge in [0.15, 0.2) is 8.07 Å². The smallest absolute Gasteiger partial charge is 0.180 e. The zero-order valence-electron chi connectivity index (χ0n) is 15.2. The van der Waals surface area contributed by atoms with Crippen LogP contribution in [0.2, 0.25) is 0 Å². The molecule has 5 heteroatoms. The molecule has 0 saturated carbocycles. The molecule has 0 radical (unpaired) electrons. The Balaban J connectivity index is 2.19. The molecule has 0 amide bonds. The number of benzene rings is 4. The van der Waals surface area contributed by atoms with Gasteiger partial charge in [0.1, 0.15) is 23.3 Å². The summed E-state index contributed by atoms with van der Waals surface area (Å²) in [6.07, 6.45) is 0. The van der Waals surface area contributed by atoms with Crippen LogP contribution in [0.15, 0.2) is 97.1 Å². The maximum atomic E-state index is 14.3. The van der Waals surface area contributed by atoms with Crippen molar-refractivity contribution in [2.24, 2.45) is 0 Å². The minimum atomic E-state index is -3.39. The molecule has 29 heavy (non-hydrogen) atoms. The van der Waals surface area contributed by atoms with Gasteiger partial charge in [-0.15, -0.1) is 0 Å². The van der Waals surface area contributed by atoms with Gasteiger partial charge in [-0.25, -0.2) is 17.6 Å². The van der Waals surface area contributed by atoms with Crippen LogP contribution in [0, 0.1) is 23.3 Å². The normalized spacial score (nSPS) is 11.4. The van der Waals surface area contributed by atoms with Crippen LogP contribution in [0.1, 0.15) is 0 Å². The minimum absolute atomic E-state index is 0.469. The molecule has 0 heterocycles. The zero-order valence-corrected chi connectivity index (χ0v) is 16.2. The van der Waals surface area contributed by atoms with Crippen molar-refractivity contribution in [3.8, 4) is 0 Å². The fourth-order valence-corrected chi connectivity index (χ4v) is 8.69. The lowest BCUT2D eigenvalue weighted by molar-refractivity contribution is 0.629. The van der Waals surface area contributed by atoms with E-state index in [1.165, 1.54) is 48.5 Å². The van der Waals surface area contributed by atoms with Gasteiger partial charge >= 0.3 is 0 Å². The zero-order chi connectivity index (χ0) is 20.4. The molecule has 0 aliphatic heterocycles. The molecule has 0 saturated heterocycles. The van der Waals surface area contributed by atoms with Crippen molar-refractivity contribution in [1.82, 2.24) is 0 Å². The number of hydrogen-bond acceptors (Lipinski definition) is 0. The maximum Gasteiger partial charge on any atom is 0.180 e. The predicted molar refractivity (Wildman–Crippen MR) is 110 cm³/mol. The summed E-state index contributed by atoms with van der Waals surface area (Å²) in [4.78, 5) is 0. The van der Waals surface area contributed by atoms with E-state index in [-0.39, 0.29) is 0 Å². The van der Waals surface area contributed by atoms with Gasteiger partial charge in [-0.1, -0.05) is 48.5 Å². The molecule has 144 valence electrons. The molecule has 0 aliphatic carbocycles. The van der Waals surface area contributed by atoms with Gasteiger partial charge in [-0.2, -0.15) is 0 Å². The van der Waals surface area contributed by atoms with Crippen LogP contribution in [0.4, 0.5) is 17.6 Å². The summed E-state index contributed by atoms with van der Waals surface area (Å²) >= 11 is 0. The third kappa shape index (κ3) is 3.49. The first-order valence-electron chi connectivity index (χ1n) is 9.04. The molecule has 0 spiro atoms. The third-order valence-corrected chi connectivity index (χ3v) is 9.74. The second-order valence-electron chi connectivity index (χ2n) is 6.79. The van der Waals surface area contributed by atoms with E-state index in [1.807, 2.05) is 0 Å². The average molecular weight is 408 g/mol. The van der Waals surface area contributed by atoms with Crippen molar-refractivity contribution in [3.63, 3.8) is 0 Å². The highest BCUT2D eigenvalue weighted by Gasteiger charge is 2.42. The van der Waals surface area contributed by atoms with Crippen molar-refractivity contribution in [3.05, 3.63) is 120 Å². The van der Waals surface area contributed by atoms with E-state index >= 15 is 0 Å². The predicted octanol–water partition coefficient (Wildman–Crippen LogP) is 3.62. The summed E-state index contributed by atoms with van der Waals surface area (Å²) in [6, 6.07) is 23.9. The molecule has 0 bridgehead atoms. The summed E-state index contributed by atoms with van der Waals surface area (Å²) in [5.74, 6) is -1.88. The lowest BCUT2D eigenvalue weighted by atomic mass is 10.3. The van der Waals surface area contributed by atoms with Crippen LogP contribution in [-0.2, 0) is 0 Å². The molecule has 0 N–H and O–H groups in total. The maximum absolute atomic E-state index is 14.3. The Hall–Kier alpha value is -3.18. The summed E-state index contributed by atoms with van der Waals surface area (Å²) in [7, 11) is -3.39. The molecule has 4 aromatic rings. The molecule has 0 aromatic heterocycles. The lowest BCUT2D eigenvalue weighted by Crippen LogP contribution is -2.75. The van der Waals surface area contributed by atoms with Gasteiger partial charge in [0.2, 0.25) is 0 Å². The first-order valence-corrected chi connectivity index (χ1v) is 11.0. The summed E-state index contributed by atoms with van der Waals surface area (Å²) in [5.41, 5.74) is 0. The van der Waals surface area contributed by atoms with Crippen molar-refractivity contribution in [1.29, 1.82) is 0 Å². The molecule has 0 atom stereocenters. The second-order valence-corrected chi connectivity index (χ2v) is 10.6. The molecule has 0 fully saturated rings. The largest absolute Gasteiger partial charge is 0.207 e. The molecule has 0 nitrogen and oxygen atoms in total. The SMILES string of the molecule is Fc1cccc([Si](c2cccc(F)c2)(c2cccc(F)c2)c2cccc(F)c2)c1. The van der Waals surface area contributed by atoms with E-state index in [2.05, 4.69) is 0 Å². The van der Waals surface area contributed by atoms with Crippen LogP contribution < -0.4 is 20.7 Å². The molecule has 4 rings (SSSR count). The molecule has 4 aromatic carbocycles. The second kappa shape index (κ2) is 7.68. The van der Waals surface area contributed by atoms with E-state index < -0.39 is 31.3 Å². The highest BCUT2D eigenvalue weighted by Crippen LogP contribution is 2.12. The fourth-order valence-electron chi connectivity index (χ4n) is 3.89. The molecule has 0 unspecified atom stereocenters. The van der Waals surface area contributed by atoms with E-state index in [4.69, 9.17) is 0 Å². The third-order valence-electron chi connectivity index (χ3n) is 5.03. The quantitative estimate of drug-likeness (QED) is 0.275. The van der Waals surface area contributed by atoms with Crippen LogP contribution >= 0.6 is 0 Å². The monoisotopic (exact) mass is 408 g/mol. The van der Waals surface area contributed by atoms with E-state index in [0.717, 1.165) is 0 Å².